The molecule has 16 heavy (non-hydrogen) atoms. The topological polar surface area (TPSA) is 0 Å². The van der Waals surface area contributed by atoms with Gasteiger partial charge in [0.05, 0.1) is 0 Å². The highest BCUT2D eigenvalue weighted by Crippen LogP contribution is 2.26. The number of rotatable bonds is 8. The predicted octanol–water partition coefficient (Wildman–Crippen LogP) is 5.79. The van der Waals surface area contributed by atoms with Crippen LogP contribution in [0.3, 0.4) is 0 Å². The van der Waals surface area contributed by atoms with Crippen LogP contribution >= 0.6 is 0 Å². The van der Waals surface area contributed by atoms with E-state index in [1.54, 1.807) is 5.57 Å². The van der Waals surface area contributed by atoms with Crippen LogP contribution in [0.4, 0.5) is 0 Å². The van der Waals surface area contributed by atoms with E-state index in [9.17, 15) is 0 Å². The van der Waals surface area contributed by atoms with Gasteiger partial charge < -0.3 is 0 Å². The lowest BCUT2D eigenvalue weighted by molar-refractivity contribution is 0.604. The first-order valence-corrected chi connectivity index (χ1v) is 7.21. The highest BCUT2D eigenvalue weighted by molar-refractivity contribution is 5.29. The Morgan fingerprint density at radius 1 is 1.12 bits per heavy atom. The number of hydrogen-bond acceptors (Lipinski definition) is 0. The van der Waals surface area contributed by atoms with Crippen LogP contribution in [0, 0.1) is 0 Å². The summed E-state index contributed by atoms with van der Waals surface area (Å²) < 4.78 is 0. The molecule has 0 aliphatic heterocycles. The van der Waals surface area contributed by atoms with E-state index in [4.69, 9.17) is 0 Å². The molecule has 0 spiro atoms. The molecule has 0 aromatic rings. The molecular weight excluding hydrogens is 192 g/mol. The average Bonchev–Trinajstić information content (AvgIpc) is 2.34. The molecular formula is C16H28. The fourth-order valence-electron chi connectivity index (χ4n) is 2.44. The largest absolute Gasteiger partial charge is 0.0956 e. The van der Waals surface area contributed by atoms with E-state index >= 15 is 0 Å². The molecule has 0 saturated heterocycles. The van der Waals surface area contributed by atoms with Crippen LogP contribution in [0.5, 0.6) is 0 Å². The third-order valence-electron chi connectivity index (χ3n) is 3.58. The lowest BCUT2D eigenvalue weighted by Gasteiger charge is -2.15. The Balaban J connectivity index is 2.04. The molecule has 0 heteroatoms. The van der Waals surface area contributed by atoms with Crippen LogP contribution in [0.25, 0.3) is 0 Å². The summed E-state index contributed by atoms with van der Waals surface area (Å²) in [6.45, 7) is 6.52. The van der Waals surface area contributed by atoms with E-state index in [0.29, 0.717) is 0 Å². The van der Waals surface area contributed by atoms with Crippen molar-refractivity contribution in [2.24, 2.45) is 0 Å². The lowest BCUT2D eigenvalue weighted by Crippen LogP contribution is -1.95. The fraction of sp³-hybridized carbons (Fsp3) is 0.750. The number of hydrogen-bond donors (Lipinski definition) is 0. The van der Waals surface area contributed by atoms with Crippen molar-refractivity contribution in [3.8, 4) is 0 Å². The first kappa shape index (κ1) is 13.5. The SMILES string of the molecule is C=C(CCCCCCCC)C1=CCCCC1. The van der Waals surface area contributed by atoms with Crippen LogP contribution < -0.4 is 0 Å². The quantitative estimate of drug-likeness (QED) is 0.454. The smallest absolute Gasteiger partial charge is 0.0279 e. The standard InChI is InChI=1S/C16H28/c1-3-4-5-6-7-9-12-15(2)16-13-10-8-11-14-16/h13H,2-12,14H2,1H3. The third-order valence-corrected chi connectivity index (χ3v) is 3.58. The molecule has 92 valence electrons. The minimum atomic E-state index is 1.23. The molecule has 0 aromatic heterocycles. The fourth-order valence-corrected chi connectivity index (χ4v) is 2.44. The van der Waals surface area contributed by atoms with Crippen molar-refractivity contribution < 1.29 is 0 Å². The third kappa shape index (κ3) is 5.53. The minimum Gasteiger partial charge on any atom is -0.0956 e. The second kappa shape index (κ2) is 8.61. The molecule has 0 fully saturated rings. The Kier molecular flexibility index (Phi) is 7.29. The van der Waals surface area contributed by atoms with Gasteiger partial charge in [0.25, 0.3) is 0 Å². The summed E-state index contributed by atoms with van der Waals surface area (Å²) in [6, 6.07) is 0. The van der Waals surface area contributed by atoms with Crippen LogP contribution in [-0.4, -0.2) is 0 Å². The first-order chi connectivity index (χ1) is 7.84. The molecule has 1 rings (SSSR count). The van der Waals surface area contributed by atoms with Crippen molar-refractivity contribution in [3.05, 3.63) is 23.8 Å². The van der Waals surface area contributed by atoms with E-state index < -0.39 is 0 Å². The lowest BCUT2D eigenvalue weighted by atomic mass is 9.91. The Hall–Kier alpha value is -0.520. The van der Waals surface area contributed by atoms with E-state index in [1.807, 2.05) is 0 Å². The van der Waals surface area contributed by atoms with Gasteiger partial charge in [0.1, 0.15) is 0 Å². The zero-order valence-electron chi connectivity index (χ0n) is 11.1. The second-order valence-corrected chi connectivity index (χ2v) is 5.10. The van der Waals surface area contributed by atoms with E-state index in [1.165, 1.54) is 76.2 Å². The summed E-state index contributed by atoms with van der Waals surface area (Å²) in [6.07, 6.45) is 17.3. The first-order valence-electron chi connectivity index (χ1n) is 7.21. The average molecular weight is 220 g/mol. The predicted molar refractivity (Wildman–Crippen MR) is 73.7 cm³/mol. The van der Waals surface area contributed by atoms with E-state index in [-0.39, 0.29) is 0 Å². The van der Waals surface area contributed by atoms with Gasteiger partial charge in [0.15, 0.2) is 0 Å². The molecule has 0 N–H and O–H groups in total. The maximum absolute atomic E-state index is 4.24. The Morgan fingerprint density at radius 2 is 1.88 bits per heavy atom. The molecule has 0 saturated carbocycles. The highest BCUT2D eigenvalue weighted by Gasteiger charge is 2.06. The Bertz CT molecular complexity index is 222. The molecule has 0 bridgehead atoms. The van der Waals surface area contributed by atoms with Gasteiger partial charge >= 0.3 is 0 Å². The van der Waals surface area contributed by atoms with E-state index in [2.05, 4.69) is 19.6 Å². The van der Waals surface area contributed by atoms with Crippen LogP contribution in [0.2, 0.25) is 0 Å². The van der Waals surface area contributed by atoms with Gasteiger partial charge in [-0.3, -0.25) is 0 Å². The van der Waals surface area contributed by atoms with Gasteiger partial charge in [-0.1, -0.05) is 57.3 Å². The molecule has 0 unspecified atom stereocenters. The molecule has 0 aromatic carbocycles. The van der Waals surface area contributed by atoms with Gasteiger partial charge in [0, 0.05) is 0 Å². The van der Waals surface area contributed by atoms with Gasteiger partial charge in [0.2, 0.25) is 0 Å². The van der Waals surface area contributed by atoms with Gasteiger partial charge in [-0.2, -0.15) is 0 Å². The van der Waals surface area contributed by atoms with Crippen molar-refractivity contribution in [2.45, 2.75) is 77.6 Å². The van der Waals surface area contributed by atoms with Gasteiger partial charge in [-0.15, -0.1) is 0 Å². The Labute approximate surface area is 102 Å². The zero-order chi connectivity index (χ0) is 11.6. The summed E-state index contributed by atoms with van der Waals surface area (Å²) in [7, 11) is 0. The maximum atomic E-state index is 4.24. The monoisotopic (exact) mass is 220 g/mol. The Morgan fingerprint density at radius 3 is 2.56 bits per heavy atom. The van der Waals surface area contributed by atoms with Crippen LogP contribution in [-0.2, 0) is 0 Å². The molecule has 0 heterocycles. The molecule has 0 atom stereocenters. The van der Waals surface area contributed by atoms with E-state index in [0.717, 1.165) is 0 Å². The van der Waals surface area contributed by atoms with Crippen molar-refractivity contribution in [1.82, 2.24) is 0 Å². The minimum absolute atomic E-state index is 1.23. The van der Waals surface area contributed by atoms with Crippen molar-refractivity contribution >= 4 is 0 Å². The molecule has 0 nitrogen and oxygen atoms in total. The second-order valence-electron chi connectivity index (χ2n) is 5.10. The molecule has 1 aliphatic carbocycles. The molecule has 0 amide bonds. The van der Waals surface area contributed by atoms with Crippen molar-refractivity contribution in [1.29, 1.82) is 0 Å². The summed E-state index contributed by atoms with van der Waals surface area (Å²) in [5.74, 6) is 0. The van der Waals surface area contributed by atoms with Gasteiger partial charge in [-0.05, 0) is 44.1 Å². The zero-order valence-corrected chi connectivity index (χ0v) is 11.1. The highest BCUT2D eigenvalue weighted by atomic mass is 14.1. The van der Waals surface area contributed by atoms with Gasteiger partial charge in [-0.25, -0.2) is 0 Å². The summed E-state index contributed by atoms with van der Waals surface area (Å²) in [5, 5.41) is 0. The number of allylic oxidation sites excluding steroid dienone is 3. The summed E-state index contributed by atoms with van der Waals surface area (Å²) in [5.41, 5.74) is 3.00. The summed E-state index contributed by atoms with van der Waals surface area (Å²) >= 11 is 0. The van der Waals surface area contributed by atoms with Crippen molar-refractivity contribution in [3.63, 3.8) is 0 Å². The van der Waals surface area contributed by atoms with Crippen LogP contribution in [0.15, 0.2) is 23.8 Å². The number of unbranched alkanes of at least 4 members (excludes halogenated alkanes) is 5. The van der Waals surface area contributed by atoms with Crippen LogP contribution in [0.1, 0.15) is 77.6 Å². The molecule has 1 aliphatic rings. The van der Waals surface area contributed by atoms with Crippen molar-refractivity contribution in [2.75, 3.05) is 0 Å². The molecule has 0 radical (unpaired) electrons. The normalized spacial score (nSPS) is 15.9. The maximum Gasteiger partial charge on any atom is -0.0279 e. The summed E-state index contributed by atoms with van der Waals surface area (Å²) in [4.78, 5) is 0.